The van der Waals surface area contributed by atoms with Crippen molar-refractivity contribution < 1.29 is 4.74 Å². The third-order valence-corrected chi connectivity index (χ3v) is 4.43. The van der Waals surface area contributed by atoms with Crippen LogP contribution in [-0.2, 0) is 6.54 Å². The Labute approximate surface area is 123 Å². The van der Waals surface area contributed by atoms with E-state index in [-0.39, 0.29) is 0 Å². The van der Waals surface area contributed by atoms with Gasteiger partial charge in [0, 0.05) is 25.0 Å². The van der Waals surface area contributed by atoms with E-state index in [0.29, 0.717) is 12.0 Å². The number of hydrogen-bond acceptors (Lipinski definition) is 3. The summed E-state index contributed by atoms with van der Waals surface area (Å²) in [5, 5.41) is 0. The molecule has 0 bridgehead atoms. The molecule has 0 amide bonds. The molecule has 3 nitrogen and oxygen atoms in total. The molecule has 1 aliphatic heterocycles. The van der Waals surface area contributed by atoms with Gasteiger partial charge in [-0.2, -0.15) is 0 Å². The van der Waals surface area contributed by atoms with Crippen molar-refractivity contribution in [3.8, 4) is 5.75 Å². The fourth-order valence-electron chi connectivity index (χ4n) is 3.55. The van der Waals surface area contributed by atoms with Crippen molar-refractivity contribution in [1.29, 1.82) is 0 Å². The van der Waals surface area contributed by atoms with Crippen molar-refractivity contribution >= 4 is 5.69 Å². The minimum Gasteiger partial charge on any atom is -0.495 e. The molecule has 0 aromatic heterocycles. The van der Waals surface area contributed by atoms with Crippen LogP contribution < -0.4 is 15.4 Å². The van der Waals surface area contributed by atoms with Crippen molar-refractivity contribution in [1.82, 2.24) is 0 Å². The van der Waals surface area contributed by atoms with Crippen LogP contribution in [0.3, 0.4) is 0 Å². The molecule has 20 heavy (non-hydrogen) atoms. The molecule has 1 aromatic rings. The monoisotopic (exact) mass is 276 g/mol. The Kier molecular flexibility index (Phi) is 4.92. The van der Waals surface area contributed by atoms with Crippen LogP contribution in [0, 0.1) is 5.41 Å². The molecule has 2 rings (SSSR count). The van der Waals surface area contributed by atoms with Crippen molar-refractivity contribution in [2.75, 3.05) is 25.1 Å². The highest BCUT2D eigenvalue weighted by Crippen LogP contribution is 2.44. The highest BCUT2D eigenvalue weighted by molar-refractivity contribution is 5.61. The van der Waals surface area contributed by atoms with Crippen molar-refractivity contribution in [2.45, 2.75) is 46.1 Å². The van der Waals surface area contributed by atoms with Gasteiger partial charge in [-0.1, -0.05) is 32.8 Å². The maximum atomic E-state index is 5.70. The van der Waals surface area contributed by atoms with Crippen LogP contribution in [0.1, 0.15) is 45.1 Å². The van der Waals surface area contributed by atoms with Gasteiger partial charge in [0.2, 0.25) is 0 Å². The second-order valence-corrected chi connectivity index (χ2v) is 6.07. The van der Waals surface area contributed by atoms with Gasteiger partial charge >= 0.3 is 0 Å². The maximum absolute atomic E-state index is 5.70. The maximum Gasteiger partial charge on any atom is 0.142 e. The first-order chi connectivity index (χ1) is 9.68. The summed E-state index contributed by atoms with van der Waals surface area (Å²) in [6.45, 7) is 7.46. The summed E-state index contributed by atoms with van der Waals surface area (Å²) in [6.07, 6.45) is 5.22. The molecule has 1 aromatic carbocycles. The van der Waals surface area contributed by atoms with Crippen LogP contribution in [0.5, 0.6) is 5.75 Å². The average molecular weight is 276 g/mol. The van der Waals surface area contributed by atoms with Crippen LogP contribution in [0.2, 0.25) is 0 Å². The fourth-order valence-corrected chi connectivity index (χ4v) is 3.55. The summed E-state index contributed by atoms with van der Waals surface area (Å²) in [5.41, 5.74) is 8.57. The average Bonchev–Trinajstić information content (AvgIpc) is 2.43. The molecular weight excluding hydrogens is 248 g/mol. The zero-order valence-corrected chi connectivity index (χ0v) is 13.1. The summed E-state index contributed by atoms with van der Waals surface area (Å²) in [7, 11) is 1.74. The predicted octanol–water partition coefficient (Wildman–Crippen LogP) is 3.56. The Hall–Kier alpha value is -1.22. The summed E-state index contributed by atoms with van der Waals surface area (Å²) >= 11 is 0. The molecule has 0 aliphatic carbocycles. The first-order valence-electron chi connectivity index (χ1n) is 7.80. The fraction of sp³-hybridized carbons (Fsp3) is 0.647. The summed E-state index contributed by atoms with van der Waals surface area (Å²) in [6, 6.07) is 6.33. The second-order valence-electron chi connectivity index (χ2n) is 6.07. The van der Waals surface area contributed by atoms with Crippen LogP contribution in [0.25, 0.3) is 0 Å². The van der Waals surface area contributed by atoms with Gasteiger partial charge in [-0.05, 0) is 30.5 Å². The van der Waals surface area contributed by atoms with Crippen LogP contribution in [0.15, 0.2) is 18.2 Å². The molecule has 1 fully saturated rings. The van der Waals surface area contributed by atoms with Crippen LogP contribution in [-0.4, -0.2) is 20.2 Å². The van der Waals surface area contributed by atoms with Crippen molar-refractivity contribution in [3.05, 3.63) is 23.8 Å². The molecule has 3 heteroatoms. The third kappa shape index (κ3) is 2.93. The van der Waals surface area contributed by atoms with E-state index in [0.717, 1.165) is 24.4 Å². The molecule has 112 valence electrons. The molecular formula is C17H28N2O. The van der Waals surface area contributed by atoms with Gasteiger partial charge in [-0.25, -0.2) is 0 Å². The predicted molar refractivity (Wildman–Crippen MR) is 85.3 cm³/mol. The van der Waals surface area contributed by atoms with Crippen molar-refractivity contribution in [3.63, 3.8) is 0 Å². The van der Waals surface area contributed by atoms with Gasteiger partial charge in [0.15, 0.2) is 0 Å². The highest BCUT2D eigenvalue weighted by Gasteiger charge is 2.41. The van der Waals surface area contributed by atoms with E-state index < -0.39 is 0 Å². The van der Waals surface area contributed by atoms with E-state index in [1.807, 2.05) is 0 Å². The Morgan fingerprint density at radius 2 is 1.85 bits per heavy atom. The van der Waals surface area contributed by atoms with E-state index in [9.17, 15) is 0 Å². The normalized spacial score (nSPS) is 16.9. The minimum absolute atomic E-state index is 0.529. The number of ether oxygens (including phenoxy) is 1. The summed E-state index contributed by atoms with van der Waals surface area (Å²) in [4.78, 5) is 2.45. The van der Waals surface area contributed by atoms with Gasteiger partial charge in [0.05, 0.1) is 12.8 Å². The molecule has 0 unspecified atom stereocenters. The van der Waals surface area contributed by atoms with E-state index >= 15 is 0 Å². The van der Waals surface area contributed by atoms with Gasteiger partial charge in [-0.15, -0.1) is 0 Å². The Morgan fingerprint density at radius 1 is 1.20 bits per heavy atom. The highest BCUT2D eigenvalue weighted by atomic mass is 16.5. The van der Waals surface area contributed by atoms with Gasteiger partial charge in [0.25, 0.3) is 0 Å². The zero-order chi connectivity index (χ0) is 14.6. The first kappa shape index (κ1) is 15.2. The molecule has 1 heterocycles. The standard InChI is InChI=1S/C17H28N2O/c1-4-8-17(9-5-2)12-19(13-17)15-7-6-14(11-18)10-16(15)20-3/h6-7,10H,4-5,8-9,11-13,18H2,1-3H3. The molecule has 0 spiro atoms. The molecule has 0 saturated carbocycles. The molecule has 0 atom stereocenters. The quantitative estimate of drug-likeness (QED) is 0.827. The number of rotatable bonds is 7. The number of hydrogen-bond donors (Lipinski definition) is 1. The number of benzene rings is 1. The van der Waals surface area contributed by atoms with E-state index in [4.69, 9.17) is 10.5 Å². The van der Waals surface area contributed by atoms with Crippen LogP contribution in [0.4, 0.5) is 5.69 Å². The lowest BCUT2D eigenvalue weighted by Crippen LogP contribution is -2.56. The van der Waals surface area contributed by atoms with Gasteiger partial charge in [0.1, 0.15) is 5.75 Å². The third-order valence-electron chi connectivity index (χ3n) is 4.43. The minimum atomic E-state index is 0.529. The Bertz CT molecular complexity index is 431. The molecule has 0 radical (unpaired) electrons. The molecule has 1 saturated heterocycles. The lowest BCUT2D eigenvalue weighted by Gasteiger charge is -2.52. The molecule has 1 aliphatic rings. The number of nitrogens with two attached hydrogens (primary N) is 1. The Morgan fingerprint density at radius 3 is 2.35 bits per heavy atom. The number of methoxy groups -OCH3 is 1. The first-order valence-corrected chi connectivity index (χ1v) is 7.80. The second kappa shape index (κ2) is 6.49. The summed E-state index contributed by atoms with van der Waals surface area (Å²) < 4.78 is 5.54. The summed E-state index contributed by atoms with van der Waals surface area (Å²) in [5.74, 6) is 0.953. The van der Waals surface area contributed by atoms with E-state index in [2.05, 4.69) is 36.9 Å². The largest absolute Gasteiger partial charge is 0.495 e. The van der Waals surface area contributed by atoms with E-state index in [1.54, 1.807) is 7.11 Å². The zero-order valence-electron chi connectivity index (χ0n) is 13.1. The van der Waals surface area contributed by atoms with Crippen molar-refractivity contribution in [2.24, 2.45) is 11.1 Å². The van der Waals surface area contributed by atoms with Crippen LogP contribution >= 0.6 is 0 Å². The lowest BCUT2D eigenvalue weighted by atomic mass is 9.72. The van der Waals surface area contributed by atoms with E-state index in [1.165, 1.54) is 31.4 Å². The number of nitrogens with zero attached hydrogens (tertiary/aromatic N) is 1. The van der Waals surface area contributed by atoms with Gasteiger partial charge in [-0.3, -0.25) is 0 Å². The Balaban J connectivity index is 2.11. The lowest BCUT2D eigenvalue weighted by molar-refractivity contribution is 0.172. The number of anilines is 1. The SMILES string of the molecule is CCCC1(CCC)CN(c2ccc(CN)cc2OC)C1. The van der Waals surface area contributed by atoms with Gasteiger partial charge < -0.3 is 15.4 Å². The smallest absolute Gasteiger partial charge is 0.142 e. The topological polar surface area (TPSA) is 38.5 Å². The molecule has 2 N–H and O–H groups in total.